The second-order valence-corrected chi connectivity index (χ2v) is 7.36. The number of halogens is 3. The van der Waals surface area contributed by atoms with Crippen LogP contribution in [-0.2, 0) is 6.54 Å². The summed E-state index contributed by atoms with van der Waals surface area (Å²) in [5.74, 6) is -1.51. The molecule has 0 radical (unpaired) electrons. The fourth-order valence-corrected chi connectivity index (χ4v) is 3.78. The summed E-state index contributed by atoms with van der Waals surface area (Å²) in [7, 11) is 4.02. The molecule has 0 atom stereocenters. The maximum absolute atomic E-state index is 13.0. The number of hydrogen-bond donors (Lipinski definition) is 0. The Hall–Kier alpha value is -0.750. The topological polar surface area (TPSA) is 19.4 Å². The monoisotopic (exact) mass is 345 g/mol. The van der Waals surface area contributed by atoms with Gasteiger partial charge in [-0.05, 0) is 36.1 Å². The van der Waals surface area contributed by atoms with Gasteiger partial charge in [0.1, 0.15) is 5.82 Å². The van der Waals surface area contributed by atoms with Crippen LogP contribution in [0, 0.1) is 5.41 Å². The first-order valence-electron chi connectivity index (χ1n) is 6.71. The zero-order valence-electron chi connectivity index (χ0n) is 11.7. The molecule has 1 aromatic rings. The Balaban J connectivity index is 1.73. The van der Waals surface area contributed by atoms with Gasteiger partial charge in [0.25, 0.3) is 0 Å². The Kier molecular flexibility index (Phi) is 3.29. The summed E-state index contributed by atoms with van der Waals surface area (Å²) in [6.45, 7) is 2.21. The van der Waals surface area contributed by atoms with Crippen molar-refractivity contribution in [3.05, 3.63) is 22.3 Å². The Labute approximate surface area is 126 Å². The Morgan fingerprint density at radius 2 is 2.00 bits per heavy atom. The highest BCUT2D eigenvalue weighted by Crippen LogP contribution is 2.57. The van der Waals surface area contributed by atoms with E-state index in [9.17, 15) is 8.78 Å². The van der Waals surface area contributed by atoms with Crippen molar-refractivity contribution in [2.24, 2.45) is 5.41 Å². The van der Waals surface area contributed by atoms with Gasteiger partial charge in [0.15, 0.2) is 0 Å². The molecule has 1 aliphatic heterocycles. The van der Waals surface area contributed by atoms with Gasteiger partial charge < -0.3 is 9.80 Å². The second-order valence-electron chi connectivity index (χ2n) is 6.44. The van der Waals surface area contributed by atoms with Crippen molar-refractivity contribution in [2.75, 3.05) is 32.1 Å². The quantitative estimate of drug-likeness (QED) is 0.838. The molecule has 0 amide bonds. The van der Waals surface area contributed by atoms with E-state index in [2.05, 4.69) is 36.8 Å². The molecular formula is C14H18BrF2N3. The van der Waals surface area contributed by atoms with Crippen LogP contribution in [0.1, 0.15) is 18.4 Å². The summed E-state index contributed by atoms with van der Waals surface area (Å²) in [5.41, 5.74) is 0.971. The molecule has 0 bridgehead atoms. The highest BCUT2D eigenvalue weighted by atomic mass is 79.9. The van der Waals surface area contributed by atoms with Gasteiger partial charge in [-0.1, -0.05) is 0 Å². The van der Waals surface area contributed by atoms with Crippen LogP contribution >= 0.6 is 15.9 Å². The van der Waals surface area contributed by atoms with Crippen LogP contribution in [0.2, 0.25) is 0 Å². The van der Waals surface area contributed by atoms with Crippen molar-refractivity contribution in [1.29, 1.82) is 0 Å². The van der Waals surface area contributed by atoms with E-state index in [1.165, 1.54) is 0 Å². The fourth-order valence-electron chi connectivity index (χ4n) is 3.40. The smallest absolute Gasteiger partial charge is 0.249 e. The van der Waals surface area contributed by atoms with E-state index >= 15 is 0 Å². The predicted molar refractivity (Wildman–Crippen MR) is 78.2 cm³/mol. The van der Waals surface area contributed by atoms with Crippen LogP contribution in [0.25, 0.3) is 0 Å². The molecule has 1 saturated heterocycles. The van der Waals surface area contributed by atoms with E-state index in [-0.39, 0.29) is 18.3 Å². The lowest BCUT2D eigenvalue weighted by molar-refractivity contribution is -0.170. The first kappa shape index (κ1) is 14.2. The zero-order chi connectivity index (χ0) is 14.5. The molecule has 1 spiro atoms. The van der Waals surface area contributed by atoms with Gasteiger partial charge in [-0.15, -0.1) is 0 Å². The van der Waals surface area contributed by atoms with Gasteiger partial charge in [0.2, 0.25) is 5.92 Å². The summed E-state index contributed by atoms with van der Waals surface area (Å²) in [6.07, 6.45) is 1.85. The molecule has 0 unspecified atom stereocenters. The van der Waals surface area contributed by atoms with Gasteiger partial charge >= 0.3 is 0 Å². The molecule has 2 heterocycles. The van der Waals surface area contributed by atoms with E-state index in [1.807, 2.05) is 14.1 Å². The number of alkyl halides is 2. The minimum absolute atomic E-state index is 0.0377. The minimum atomic E-state index is -2.44. The predicted octanol–water partition coefficient (Wildman–Crippen LogP) is 3.14. The lowest BCUT2D eigenvalue weighted by Gasteiger charge is -2.59. The molecule has 2 fully saturated rings. The van der Waals surface area contributed by atoms with Crippen molar-refractivity contribution in [3.63, 3.8) is 0 Å². The van der Waals surface area contributed by atoms with Crippen LogP contribution < -0.4 is 4.90 Å². The maximum Gasteiger partial charge on any atom is 0.249 e. The molecule has 1 aliphatic carbocycles. The van der Waals surface area contributed by atoms with E-state index in [4.69, 9.17) is 0 Å². The number of rotatable bonds is 3. The fraction of sp³-hybridized carbons (Fsp3) is 0.643. The molecule has 20 heavy (non-hydrogen) atoms. The van der Waals surface area contributed by atoms with E-state index in [0.29, 0.717) is 13.1 Å². The number of aromatic nitrogens is 1. The summed E-state index contributed by atoms with van der Waals surface area (Å²) in [5, 5.41) is 0. The molecule has 110 valence electrons. The van der Waals surface area contributed by atoms with Gasteiger partial charge in [-0.3, -0.25) is 0 Å². The average Bonchev–Trinajstić information content (AvgIpc) is 2.22. The van der Waals surface area contributed by atoms with Gasteiger partial charge in [-0.25, -0.2) is 13.8 Å². The molecule has 3 nitrogen and oxygen atoms in total. The third-order valence-electron chi connectivity index (χ3n) is 4.02. The third-order valence-corrected chi connectivity index (χ3v) is 4.45. The second kappa shape index (κ2) is 4.63. The molecule has 1 aromatic heterocycles. The zero-order valence-corrected chi connectivity index (χ0v) is 13.3. The summed E-state index contributed by atoms with van der Waals surface area (Å²) >= 11 is 3.44. The largest absolute Gasteiger partial charge is 0.355 e. The lowest BCUT2D eigenvalue weighted by Crippen LogP contribution is -2.66. The molecule has 0 N–H and O–H groups in total. The molecular weight excluding hydrogens is 328 g/mol. The SMILES string of the molecule is CN(C)Cc1cc(Br)cnc1N1CC2(C1)CC(F)(F)C2. The van der Waals surface area contributed by atoms with Crippen molar-refractivity contribution < 1.29 is 8.78 Å². The van der Waals surface area contributed by atoms with Crippen LogP contribution in [0.4, 0.5) is 14.6 Å². The highest BCUT2D eigenvalue weighted by molar-refractivity contribution is 9.10. The normalized spacial score (nSPS) is 22.8. The first-order valence-corrected chi connectivity index (χ1v) is 7.50. The highest BCUT2D eigenvalue weighted by Gasteiger charge is 2.62. The molecule has 6 heteroatoms. The molecule has 3 rings (SSSR count). The minimum Gasteiger partial charge on any atom is -0.355 e. The van der Waals surface area contributed by atoms with Crippen LogP contribution in [0.15, 0.2) is 16.7 Å². The van der Waals surface area contributed by atoms with E-state index < -0.39 is 5.92 Å². The molecule has 2 aliphatic rings. The molecule has 0 aromatic carbocycles. The van der Waals surface area contributed by atoms with Crippen molar-refractivity contribution >= 4 is 21.7 Å². The van der Waals surface area contributed by atoms with E-state index in [0.717, 1.165) is 22.4 Å². The summed E-state index contributed by atoms with van der Waals surface area (Å²) < 4.78 is 27.0. The number of pyridine rings is 1. The van der Waals surface area contributed by atoms with Crippen LogP contribution in [0.5, 0.6) is 0 Å². The Morgan fingerprint density at radius 3 is 2.55 bits per heavy atom. The summed E-state index contributed by atoms with van der Waals surface area (Å²) in [4.78, 5) is 8.69. The van der Waals surface area contributed by atoms with E-state index in [1.54, 1.807) is 6.20 Å². The first-order chi connectivity index (χ1) is 9.29. The molecule has 1 saturated carbocycles. The van der Waals surface area contributed by atoms with Crippen molar-refractivity contribution in [3.8, 4) is 0 Å². The number of anilines is 1. The number of nitrogens with zero attached hydrogens (tertiary/aromatic N) is 3. The third kappa shape index (κ3) is 2.55. The van der Waals surface area contributed by atoms with Gasteiger partial charge in [0.05, 0.1) is 0 Å². The van der Waals surface area contributed by atoms with Gasteiger partial charge in [0, 0.05) is 54.1 Å². The number of hydrogen-bond acceptors (Lipinski definition) is 3. The lowest BCUT2D eigenvalue weighted by atomic mass is 9.61. The van der Waals surface area contributed by atoms with Crippen LogP contribution in [-0.4, -0.2) is 43.0 Å². The van der Waals surface area contributed by atoms with Gasteiger partial charge in [-0.2, -0.15) is 0 Å². The maximum atomic E-state index is 13.0. The van der Waals surface area contributed by atoms with Crippen molar-refractivity contribution in [2.45, 2.75) is 25.3 Å². The summed E-state index contributed by atoms with van der Waals surface area (Å²) in [6, 6.07) is 2.06. The average molecular weight is 346 g/mol. The van der Waals surface area contributed by atoms with Crippen molar-refractivity contribution in [1.82, 2.24) is 9.88 Å². The Bertz CT molecular complexity index is 517. The van der Waals surface area contributed by atoms with Crippen LogP contribution in [0.3, 0.4) is 0 Å². The standard InChI is InChI=1S/C14H18BrF2N3/c1-19(2)5-10-3-11(15)4-18-12(10)20-8-13(9-20)6-14(16,17)7-13/h3-4H,5-9H2,1-2H3. The Morgan fingerprint density at radius 1 is 1.35 bits per heavy atom.